The number of thiazole rings is 1. The maximum atomic E-state index is 12.8. The first kappa shape index (κ1) is 18.8. The zero-order chi connectivity index (χ0) is 19.9. The van der Waals surface area contributed by atoms with Crippen molar-refractivity contribution in [1.82, 2.24) is 20.0 Å². The molecule has 27 heavy (non-hydrogen) atoms. The van der Waals surface area contributed by atoms with Crippen LogP contribution in [-0.2, 0) is 0 Å². The minimum Gasteiger partial charge on any atom is -0.477 e. The van der Waals surface area contributed by atoms with Gasteiger partial charge in [0.25, 0.3) is 5.91 Å². The van der Waals surface area contributed by atoms with Gasteiger partial charge in [0.15, 0.2) is 5.82 Å². The van der Waals surface area contributed by atoms with Crippen molar-refractivity contribution in [2.24, 2.45) is 0 Å². The summed E-state index contributed by atoms with van der Waals surface area (Å²) in [5.41, 5.74) is 2.57. The van der Waals surface area contributed by atoms with Gasteiger partial charge in [-0.05, 0) is 40.7 Å². The minimum absolute atomic E-state index is 0.186. The molecule has 1 atom stereocenters. The Bertz CT molecular complexity index is 1030. The molecular weight excluding hydrogens is 368 g/mol. The second-order valence-corrected chi connectivity index (χ2v) is 7.41. The SMILES string of the molecule is Cc1cc(-n2c(C)cc(C(=O)NC(C)c3nc(C)c(C(=O)O)s3)c2C)no1. The fraction of sp³-hybridized carbons (Fsp3) is 0.333. The van der Waals surface area contributed by atoms with Crippen molar-refractivity contribution in [2.45, 2.75) is 40.7 Å². The number of carboxylic acids is 1. The molecule has 2 N–H and O–H groups in total. The zero-order valence-corrected chi connectivity index (χ0v) is 16.5. The average molecular weight is 388 g/mol. The molecule has 1 unspecified atom stereocenters. The molecule has 3 rings (SSSR count). The molecule has 8 nitrogen and oxygen atoms in total. The first-order valence-corrected chi connectivity index (χ1v) is 9.14. The largest absolute Gasteiger partial charge is 0.477 e. The predicted octanol–water partition coefficient (Wildman–Crippen LogP) is 3.34. The summed E-state index contributed by atoms with van der Waals surface area (Å²) in [5, 5.41) is 16.6. The van der Waals surface area contributed by atoms with Crippen LogP contribution >= 0.6 is 11.3 Å². The lowest BCUT2D eigenvalue weighted by atomic mass is 10.2. The average Bonchev–Trinajstić information content (AvgIpc) is 3.25. The van der Waals surface area contributed by atoms with Crippen LogP contribution in [0.2, 0.25) is 0 Å². The third-order valence-corrected chi connectivity index (χ3v) is 5.57. The van der Waals surface area contributed by atoms with Crippen molar-refractivity contribution in [1.29, 1.82) is 0 Å². The monoisotopic (exact) mass is 388 g/mol. The van der Waals surface area contributed by atoms with E-state index in [0.717, 1.165) is 22.7 Å². The normalized spacial score (nSPS) is 12.2. The molecule has 3 aromatic heterocycles. The molecule has 0 aliphatic carbocycles. The van der Waals surface area contributed by atoms with Crippen LogP contribution in [0.5, 0.6) is 0 Å². The third-order valence-electron chi connectivity index (χ3n) is 4.25. The quantitative estimate of drug-likeness (QED) is 0.693. The van der Waals surface area contributed by atoms with Gasteiger partial charge in [0.2, 0.25) is 0 Å². The van der Waals surface area contributed by atoms with Crippen LogP contribution < -0.4 is 5.32 Å². The molecule has 0 aliphatic rings. The molecule has 0 aromatic carbocycles. The van der Waals surface area contributed by atoms with E-state index in [9.17, 15) is 9.59 Å². The number of nitrogens with zero attached hydrogens (tertiary/aromatic N) is 3. The van der Waals surface area contributed by atoms with E-state index in [1.807, 2.05) is 18.4 Å². The predicted molar refractivity (Wildman–Crippen MR) is 99.7 cm³/mol. The van der Waals surface area contributed by atoms with E-state index in [0.29, 0.717) is 27.8 Å². The third kappa shape index (κ3) is 3.50. The summed E-state index contributed by atoms with van der Waals surface area (Å²) in [6.45, 7) is 8.96. The highest BCUT2D eigenvalue weighted by Gasteiger charge is 2.23. The molecule has 3 heterocycles. The van der Waals surface area contributed by atoms with E-state index < -0.39 is 12.0 Å². The molecule has 0 bridgehead atoms. The highest BCUT2D eigenvalue weighted by atomic mass is 32.1. The lowest BCUT2D eigenvalue weighted by molar-refractivity contribution is 0.0700. The number of nitrogens with one attached hydrogen (secondary N) is 1. The first-order valence-electron chi connectivity index (χ1n) is 8.33. The molecule has 9 heteroatoms. The Kier molecular flexibility index (Phi) is 4.88. The van der Waals surface area contributed by atoms with E-state index in [4.69, 9.17) is 9.63 Å². The Balaban J connectivity index is 1.84. The summed E-state index contributed by atoms with van der Waals surface area (Å²) in [5.74, 6) is 0.0368. The highest BCUT2D eigenvalue weighted by Crippen LogP contribution is 2.25. The van der Waals surface area contributed by atoms with Crippen LogP contribution in [0.4, 0.5) is 0 Å². The number of carbonyl (C=O) groups is 2. The van der Waals surface area contributed by atoms with E-state index in [-0.39, 0.29) is 10.8 Å². The van der Waals surface area contributed by atoms with Gasteiger partial charge >= 0.3 is 5.97 Å². The van der Waals surface area contributed by atoms with Crippen molar-refractivity contribution in [3.05, 3.63) is 50.4 Å². The standard InChI is InChI=1S/C18H20N4O4S/c1-8-6-13(12(5)22(8)14-7-9(2)26-21-14)16(23)19-11(4)17-20-10(3)15(27-17)18(24)25/h6-7,11H,1-5H3,(H,19,23)(H,24,25). The van der Waals surface area contributed by atoms with Gasteiger partial charge < -0.3 is 14.9 Å². The molecule has 0 spiro atoms. The number of hydrogen-bond acceptors (Lipinski definition) is 6. The molecule has 0 fully saturated rings. The summed E-state index contributed by atoms with van der Waals surface area (Å²) in [7, 11) is 0. The molecule has 0 radical (unpaired) electrons. The number of carbonyl (C=O) groups excluding carboxylic acids is 1. The van der Waals surface area contributed by atoms with Gasteiger partial charge in [-0.1, -0.05) is 5.16 Å². The van der Waals surface area contributed by atoms with Crippen molar-refractivity contribution in [3.8, 4) is 5.82 Å². The van der Waals surface area contributed by atoms with Gasteiger partial charge in [-0.15, -0.1) is 11.3 Å². The second kappa shape index (κ2) is 6.99. The number of aromatic carboxylic acids is 1. The smallest absolute Gasteiger partial charge is 0.347 e. The van der Waals surface area contributed by atoms with Crippen molar-refractivity contribution < 1.29 is 19.2 Å². The number of amides is 1. The van der Waals surface area contributed by atoms with Gasteiger partial charge in [-0.25, -0.2) is 9.78 Å². The number of aromatic nitrogens is 3. The van der Waals surface area contributed by atoms with Gasteiger partial charge in [-0.3, -0.25) is 9.36 Å². The summed E-state index contributed by atoms with van der Waals surface area (Å²) >= 11 is 1.07. The molecule has 142 valence electrons. The Morgan fingerprint density at radius 2 is 1.96 bits per heavy atom. The van der Waals surface area contributed by atoms with Crippen LogP contribution in [0, 0.1) is 27.7 Å². The lowest BCUT2D eigenvalue weighted by Crippen LogP contribution is -2.27. The number of aryl methyl sites for hydroxylation is 3. The van der Waals surface area contributed by atoms with Crippen LogP contribution in [0.15, 0.2) is 16.7 Å². The van der Waals surface area contributed by atoms with Crippen molar-refractivity contribution in [2.75, 3.05) is 0 Å². The van der Waals surface area contributed by atoms with Crippen molar-refractivity contribution in [3.63, 3.8) is 0 Å². The van der Waals surface area contributed by atoms with Crippen LogP contribution in [0.3, 0.4) is 0 Å². The highest BCUT2D eigenvalue weighted by molar-refractivity contribution is 7.13. The molecule has 0 saturated heterocycles. The van der Waals surface area contributed by atoms with Crippen molar-refractivity contribution >= 4 is 23.2 Å². The number of hydrogen-bond donors (Lipinski definition) is 2. The minimum atomic E-state index is -1.01. The van der Waals surface area contributed by atoms with Crippen LogP contribution in [0.1, 0.15) is 60.8 Å². The summed E-state index contributed by atoms with van der Waals surface area (Å²) in [6, 6.07) is 3.18. The number of carboxylic acid groups (broad SMARTS) is 1. The second-order valence-electron chi connectivity index (χ2n) is 6.38. The molecule has 0 saturated carbocycles. The summed E-state index contributed by atoms with van der Waals surface area (Å²) < 4.78 is 6.98. The van der Waals surface area contributed by atoms with Gasteiger partial charge in [0.1, 0.15) is 15.6 Å². The number of rotatable bonds is 5. The Morgan fingerprint density at radius 1 is 1.26 bits per heavy atom. The molecule has 3 aromatic rings. The van der Waals surface area contributed by atoms with E-state index >= 15 is 0 Å². The van der Waals surface area contributed by atoms with Crippen LogP contribution in [-0.4, -0.2) is 31.7 Å². The van der Waals surface area contributed by atoms with E-state index in [1.165, 1.54) is 0 Å². The molecule has 1 amide bonds. The van der Waals surface area contributed by atoms with Gasteiger partial charge in [0.05, 0.1) is 17.3 Å². The van der Waals surface area contributed by atoms with Gasteiger partial charge in [0, 0.05) is 17.5 Å². The van der Waals surface area contributed by atoms with E-state index in [2.05, 4.69) is 15.5 Å². The molecular formula is C18H20N4O4S. The maximum absolute atomic E-state index is 12.8. The summed E-state index contributed by atoms with van der Waals surface area (Å²) in [4.78, 5) is 28.4. The van der Waals surface area contributed by atoms with Gasteiger partial charge in [-0.2, -0.15) is 0 Å². The van der Waals surface area contributed by atoms with Crippen LogP contribution in [0.25, 0.3) is 5.82 Å². The molecule has 0 aliphatic heterocycles. The maximum Gasteiger partial charge on any atom is 0.347 e. The lowest BCUT2D eigenvalue weighted by Gasteiger charge is -2.11. The zero-order valence-electron chi connectivity index (χ0n) is 15.7. The Labute approximate surface area is 159 Å². The Hall–Kier alpha value is -2.94. The summed E-state index contributed by atoms with van der Waals surface area (Å²) in [6.07, 6.45) is 0. The topological polar surface area (TPSA) is 110 Å². The fourth-order valence-corrected chi connectivity index (χ4v) is 3.85. The fourth-order valence-electron chi connectivity index (χ4n) is 2.94. The Morgan fingerprint density at radius 3 is 2.52 bits per heavy atom. The van der Waals surface area contributed by atoms with E-state index in [1.54, 1.807) is 32.9 Å². The first-order chi connectivity index (χ1) is 12.7.